The number of likely N-dealkylation sites (tertiary alicyclic amines) is 1. The van der Waals surface area contributed by atoms with E-state index in [1.807, 2.05) is 14.2 Å². The lowest BCUT2D eigenvalue weighted by Gasteiger charge is -2.53. The van der Waals surface area contributed by atoms with Crippen molar-refractivity contribution in [1.82, 2.24) is 4.90 Å². The summed E-state index contributed by atoms with van der Waals surface area (Å²) in [5.41, 5.74) is 1.12. The molecule has 120 valence electrons. The first-order valence-corrected chi connectivity index (χ1v) is 8.16. The molecule has 4 heteroatoms. The zero-order valence-electron chi connectivity index (χ0n) is 13.7. The summed E-state index contributed by atoms with van der Waals surface area (Å²) in [6, 6.07) is 0.402. The molecule has 0 N–H and O–H groups in total. The first-order chi connectivity index (χ1) is 10.1. The van der Waals surface area contributed by atoms with Crippen LogP contribution in [-0.2, 0) is 14.2 Å². The third kappa shape index (κ3) is 2.46. The Morgan fingerprint density at radius 3 is 2.57 bits per heavy atom. The van der Waals surface area contributed by atoms with Crippen LogP contribution in [0.15, 0.2) is 12.2 Å². The maximum Gasteiger partial charge on any atom is 0.116 e. The van der Waals surface area contributed by atoms with E-state index in [2.05, 4.69) is 25.5 Å². The van der Waals surface area contributed by atoms with Crippen LogP contribution in [0.1, 0.15) is 32.6 Å². The Kier molecular flexibility index (Phi) is 4.42. The highest BCUT2D eigenvalue weighted by Crippen LogP contribution is 2.47. The molecule has 1 saturated carbocycles. The molecule has 3 fully saturated rings. The standard InChI is InChI=1S/C17H29NO3/c1-10(2)14-9-12-16(20-5)11-7-6-8-13(19-4)15(11)18(3)17(12)21-14/h11-17H,1,6-9H2,2-5H3. The van der Waals surface area contributed by atoms with Gasteiger partial charge in [-0.25, -0.2) is 0 Å². The second-order valence-electron chi connectivity index (χ2n) is 6.99. The van der Waals surface area contributed by atoms with Crippen LogP contribution in [0.5, 0.6) is 0 Å². The summed E-state index contributed by atoms with van der Waals surface area (Å²) >= 11 is 0. The summed E-state index contributed by atoms with van der Waals surface area (Å²) in [7, 11) is 5.88. The molecule has 3 rings (SSSR count). The zero-order chi connectivity index (χ0) is 15.1. The van der Waals surface area contributed by atoms with E-state index in [0.29, 0.717) is 24.0 Å². The highest BCUT2D eigenvalue weighted by Gasteiger charge is 2.55. The summed E-state index contributed by atoms with van der Waals surface area (Å²) in [4.78, 5) is 2.42. The van der Waals surface area contributed by atoms with E-state index in [4.69, 9.17) is 14.2 Å². The molecule has 0 spiro atoms. The van der Waals surface area contributed by atoms with Gasteiger partial charge in [0.05, 0.1) is 18.3 Å². The minimum atomic E-state index is 0.133. The normalized spacial score (nSPS) is 47.0. The van der Waals surface area contributed by atoms with Gasteiger partial charge in [0, 0.05) is 32.1 Å². The van der Waals surface area contributed by atoms with Gasteiger partial charge >= 0.3 is 0 Å². The lowest BCUT2D eigenvalue weighted by Crippen LogP contribution is -2.64. The Morgan fingerprint density at radius 1 is 1.19 bits per heavy atom. The van der Waals surface area contributed by atoms with Crippen LogP contribution in [0, 0.1) is 11.8 Å². The van der Waals surface area contributed by atoms with Crippen molar-refractivity contribution in [2.75, 3.05) is 21.3 Å². The number of piperidine rings is 1. The highest BCUT2D eigenvalue weighted by atomic mass is 16.5. The van der Waals surface area contributed by atoms with Gasteiger partial charge in [-0.1, -0.05) is 18.6 Å². The molecule has 0 bridgehead atoms. The van der Waals surface area contributed by atoms with Crippen LogP contribution in [-0.4, -0.2) is 56.7 Å². The van der Waals surface area contributed by atoms with Crippen LogP contribution < -0.4 is 0 Å². The fraction of sp³-hybridized carbons (Fsp3) is 0.882. The van der Waals surface area contributed by atoms with E-state index in [1.54, 1.807) is 0 Å². The predicted molar refractivity (Wildman–Crippen MR) is 82.1 cm³/mol. The van der Waals surface area contributed by atoms with Gasteiger partial charge in [0.1, 0.15) is 6.23 Å². The number of likely N-dealkylation sites (N-methyl/N-ethyl adjacent to an activating group) is 1. The monoisotopic (exact) mass is 295 g/mol. The Hall–Kier alpha value is -0.420. The number of hydrogen-bond acceptors (Lipinski definition) is 4. The first-order valence-electron chi connectivity index (χ1n) is 8.16. The summed E-state index contributed by atoms with van der Waals surface area (Å²) in [6.07, 6.45) is 5.50. The smallest absolute Gasteiger partial charge is 0.116 e. The second-order valence-corrected chi connectivity index (χ2v) is 6.99. The maximum atomic E-state index is 6.30. The van der Waals surface area contributed by atoms with Crippen molar-refractivity contribution in [3.63, 3.8) is 0 Å². The van der Waals surface area contributed by atoms with Crippen LogP contribution in [0.25, 0.3) is 0 Å². The predicted octanol–water partition coefficient (Wildman–Crippen LogP) is 2.44. The average molecular weight is 295 g/mol. The van der Waals surface area contributed by atoms with Crippen LogP contribution in [0.3, 0.4) is 0 Å². The number of rotatable bonds is 3. The van der Waals surface area contributed by atoms with Gasteiger partial charge in [0.2, 0.25) is 0 Å². The van der Waals surface area contributed by atoms with E-state index in [9.17, 15) is 0 Å². The molecule has 0 aromatic carbocycles. The summed E-state index contributed by atoms with van der Waals surface area (Å²) < 4.78 is 18.0. The lowest BCUT2D eigenvalue weighted by atomic mass is 9.70. The Morgan fingerprint density at radius 2 is 1.95 bits per heavy atom. The molecular formula is C17H29NO3. The summed E-state index contributed by atoms with van der Waals surface area (Å²) in [5.74, 6) is 0.992. The van der Waals surface area contributed by atoms with Gasteiger partial charge in [-0.15, -0.1) is 0 Å². The van der Waals surface area contributed by atoms with Crippen molar-refractivity contribution in [1.29, 1.82) is 0 Å². The molecule has 0 amide bonds. The fourth-order valence-electron chi connectivity index (χ4n) is 4.89. The van der Waals surface area contributed by atoms with E-state index >= 15 is 0 Å². The Bertz CT molecular complexity index is 399. The average Bonchev–Trinajstić information content (AvgIpc) is 2.92. The molecule has 1 aliphatic carbocycles. The number of hydrogen-bond donors (Lipinski definition) is 0. The van der Waals surface area contributed by atoms with Crippen molar-refractivity contribution >= 4 is 0 Å². The molecule has 4 nitrogen and oxygen atoms in total. The fourth-order valence-corrected chi connectivity index (χ4v) is 4.89. The number of nitrogens with zero attached hydrogens (tertiary/aromatic N) is 1. The van der Waals surface area contributed by atoms with Crippen molar-refractivity contribution < 1.29 is 14.2 Å². The first kappa shape index (κ1) is 15.5. The van der Waals surface area contributed by atoms with Gasteiger partial charge in [0.15, 0.2) is 0 Å². The van der Waals surface area contributed by atoms with Gasteiger partial charge in [-0.2, -0.15) is 0 Å². The van der Waals surface area contributed by atoms with Gasteiger partial charge in [0.25, 0.3) is 0 Å². The number of ether oxygens (including phenoxy) is 3. The molecule has 2 saturated heterocycles. The molecule has 2 heterocycles. The third-order valence-corrected chi connectivity index (χ3v) is 5.84. The van der Waals surface area contributed by atoms with Crippen molar-refractivity contribution in [2.45, 2.75) is 63.2 Å². The Balaban J connectivity index is 1.89. The third-order valence-electron chi connectivity index (χ3n) is 5.84. The number of fused-ring (bicyclic) bond motifs is 2. The topological polar surface area (TPSA) is 30.9 Å². The molecule has 7 atom stereocenters. The van der Waals surface area contributed by atoms with E-state index in [-0.39, 0.29) is 18.4 Å². The highest BCUT2D eigenvalue weighted by molar-refractivity contribution is 5.09. The summed E-state index contributed by atoms with van der Waals surface area (Å²) in [5, 5.41) is 0. The van der Waals surface area contributed by atoms with Crippen LogP contribution in [0.4, 0.5) is 0 Å². The van der Waals surface area contributed by atoms with E-state index in [1.165, 1.54) is 12.8 Å². The summed E-state index contributed by atoms with van der Waals surface area (Å²) in [6.45, 7) is 6.15. The second kappa shape index (κ2) is 5.99. The quantitative estimate of drug-likeness (QED) is 0.748. The maximum absolute atomic E-state index is 6.30. The molecule has 0 aromatic rings. The molecule has 3 aliphatic rings. The van der Waals surface area contributed by atoms with E-state index in [0.717, 1.165) is 18.4 Å². The number of methoxy groups -OCH3 is 2. The van der Waals surface area contributed by atoms with Gasteiger partial charge < -0.3 is 14.2 Å². The zero-order valence-corrected chi connectivity index (χ0v) is 13.7. The molecule has 21 heavy (non-hydrogen) atoms. The van der Waals surface area contributed by atoms with E-state index < -0.39 is 0 Å². The van der Waals surface area contributed by atoms with Gasteiger partial charge in [-0.3, -0.25) is 4.90 Å². The van der Waals surface area contributed by atoms with Gasteiger partial charge in [-0.05, 0) is 33.2 Å². The molecule has 2 aliphatic heterocycles. The minimum absolute atomic E-state index is 0.133. The minimum Gasteiger partial charge on any atom is -0.381 e. The van der Waals surface area contributed by atoms with Crippen molar-refractivity contribution in [3.05, 3.63) is 12.2 Å². The van der Waals surface area contributed by atoms with Crippen molar-refractivity contribution in [2.24, 2.45) is 11.8 Å². The molecule has 7 unspecified atom stereocenters. The largest absolute Gasteiger partial charge is 0.381 e. The molecule has 0 radical (unpaired) electrons. The van der Waals surface area contributed by atoms with Crippen LogP contribution >= 0.6 is 0 Å². The Labute approximate surface area is 128 Å². The SMILES string of the molecule is C=C(C)C1CC2C(OC)C3CCCC(OC)C3N(C)C2O1. The van der Waals surface area contributed by atoms with Crippen LogP contribution in [0.2, 0.25) is 0 Å². The molecule has 0 aromatic heterocycles. The van der Waals surface area contributed by atoms with Crippen molar-refractivity contribution in [3.8, 4) is 0 Å². The lowest BCUT2D eigenvalue weighted by molar-refractivity contribution is -0.193. The molecular weight excluding hydrogens is 266 g/mol.